The van der Waals surface area contributed by atoms with Crippen molar-refractivity contribution in [2.75, 3.05) is 19.3 Å². The molecule has 17 heteroatoms. The molecule has 1 aliphatic rings. The number of unbranched alkanes of at least 4 members (excludes halogenated alkanes) is 1. The Labute approximate surface area is 328 Å². The van der Waals surface area contributed by atoms with E-state index < -0.39 is 85.3 Å². The minimum atomic E-state index is -4.50. The number of hydrogen-bond acceptors (Lipinski definition) is 9. The first-order valence-corrected chi connectivity index (χ1v) is 21.0. The third-order valence-corrected chi connectivity index (χ3v) is 11.2. The summed E-state index contributed by atoms with van der Waals surface area (Å²) in [5.74, 6) is -6.41. The number of carbonyl (C=O) groups excluding carboxylic acids is 6. The Morgan fingerprint density at radius 1 is 1.02 bits per heavy atom. The number of aromatic amines is 1. The van der Waals surface area contributed by atoms with Gasteiger partial charge in [-0.15, -0.1) is 0 Å². The number of hydrogen-bond donors (Lipinski definition) is 6. The second kappa shape index (κ2) is 21.9. The van der Waals surface area contributed by atoms with Crippen LogP contribution >= 0.6 is 7.60 Å². The standard InChI is InChI=1S/C39H59N6O10P/c1-24(2)15-33(44-39(51)34-18-31(21-45(34)27(5)46)55-14-10-9-13-28-11-7-6-8-12-28)36(48)17-29(16-30-20-41-23-42-30)38(50)43-26(4)35(47)19-32(37(40)49)25(3)22-56(52,53)54/h6-8,11-12,20,23-26,29,31-34H,9-10,13-19,21-22H2,1-5H3,(H2,40,49)(H,41,42)(H,43,50)(H,44,51)(H2,52,53,54)/t25-,26-,29+,31+,32-,33-,34-/m0/s1. The van der Waals surface area contributed by atoms with Crippen LogP contribution in [0.4, 0.5) is 0 Å². The first kappa shape index (κ1) is 46.1. The molecule has 16 nitrogen and oxygen atoms in total. The van der Waals surface area contributed by atoms with E-state index in [0.29, 0.717) is 12.3 Å². The number of carbonyl (C=O) groups is 6. The molecule has 310 valence electrons. The topological polar surface area (TPSA) is 251 Å². The van der Waals surface area contributed by atoms with Gasteiger partial charge in [0, 0.05) is 63.6 Å². The molecule has 1 aromatic heterocycles. The number of aryl methyl sites for hydroxylation is 1. The van der Waals surface area contributed by atoms with Crippen molar-refractivity contribution < 1.29 is 47.9 Å². The maximum absolute atomic E-state index is 14.0. The van der Waals surface area contributed by atoms with Crippen LogP contribution in [0.15, 0.2) is 42.9 Å². The zero-order valence-corrected chi connectivity index (χ0v) is 33.9. The van der Waals surface area contributed by atoms with Crippen molar-refractivity contribution >= 4 is 42.8 Å². The van der Waals surface area contributed by atoms with E-state index in [-0.39, 0.29) is 50.2 Å². The lowest BCUT2D eigenvalue weighted by Crippen LogP contribution is -2.51. The average molecular weight is 803 g/mol. The van der Waals surface area contributed by atoms with Gasteiger partial charge in [0.25, 0.3) is 0 Å². The molecule has 1 aliphatic heterocycles. The molecule has 0 spiro atoms. The van der Waals surface area contributed by atoms with E-state index in [4.69, 9.17) is 10.5 Å². The van der Waals surface area contributed by atoms with E-state index in [1.165, 1.54) is 43.8 Å². The lowest BCUT2D eigenvalue weighted by atomic mass is 9.88. The number of ketones is 2. The molecule has 7 N–H and O–H groups in total. The quantitative estimate of drug-likeness (QED) is 0.0665. The average Bonchev–Trinajstić information content (AvgIpc) is 3.79. The van der Waals surface area contributed by atoms with Crippen molar-refractivity contribution in [2.24, 2.45) is 29.4 Å². The number of ether oxygens (including phenoxy) is 1. The molecule has 1 fully saturated rings. The number of nitrogens with two attached hydrogens (primary N) is 1. The van der Waals surface area contributed by atoms with Crippen molar-refractivity contribution in [3.8, 4) is 0 Å². The predicted octanol–water partition coefficient (Wildman–Crippen LogP) is 2.47. The molecule has 7 atom stereocenters. The summed E-state index contributed by atoms with van der Waals surface area (Å²) in [6.07, 6.45) is 4.46. The van der Waals surface area contributed by atoms with Crippen molar-refractivity contribution in [3.63, 3.8) is 0 Å². The molecular formula is C39H59N6O10P. The highest BCUT2D eigenvalue weighted by Gasteiger charge is 2.40. The molecule has 1 aromatic carbocycles. The highest BCUT2D eigenvalue weighted by Crippen LogP contribution is 2.39. The summed E-state index contributed by atoms with van der Waals surface area (Å²) >= 11 is 0. The van der Waals surface area contributed by atoms with Crippen molar-refractivity contribution in [1.29, 1.82) is 0 Å². The second-order valence-electron chi connectivity index (χ2n) is 15.4. The summed E-state index contributed by atoms with van der Waals surface area (Å²) in [7, 11) is -4.50. The van der Waals surface area contributed by atoms with Crippen LogP contribution < -0.4 is 16.4 Å². The maximum atomic E-state index is 14.0. The van der Waals surface area contributed by atoms with E-state index in [0.717, 1.165) is 19.3 Å². The Kier molecular flexibility index (Phi) is 18.0. The number of nitrogens with one attached hydrogen (secondary N) is 3. The normalized spacial score (nSPS) is 18.5. The molecule has 0 aliphatic carbocycles. The Bertz CT molecular complexity index is 1670. The lowest BCUT2D eigenvalue weighted by molar-refractivity contribution is -0.138. The lowest BCUT2D eigenvalue weighted by Gasteiger charge is -2.27. The number of primary amides is 1. The molecule has 0 radical (unpaired) electrons. The number of benzene rings is 1. The van der Waals surface area contributed by atoms with E-state index in [1.54, 1.807) is 0 Å². The van der Waals surface area contributed by atoms with E-state index in [9.17, 15) is 43.1 Å². The van der Waals surface area contributed by atoms with Gasteiger partial charge >= 0.3 is 7.60 Å². The fraction of sp³-hybridized carbons (Fsp3) is 0.615. The van der Waals surface area contributed by atoms with Crippen LogP contribution in [0.3, 0.4) is 0 Å². The zero-order valence-electron chi connectivity index (χ0n) is 33.0. The fourth-order valence-electron chi connectivity index (χ4n) is 7.05. The maximum Gasteiger partial charge on any atom is 0.325 e. The highest BCUT2D eigenvalue weighted by molar-refractivity contribution is 7.51. The van der Waals surface area contributed by atoms with Crippen LogP contribution in [-0.2, 0) is 50.9 Å². The number of aromatic nitrogens is 2. The first-order valence-electron chi connectivity index (χ1n) is 19.2. The summed E-state index contributed by atoms with van der Waals surface area (Å²) in [6.45, 7) is 8.74. The molecule has 1 saturated heterocycles. The predicted molar refractivity (Wildman–Crippen MR) is 208 cm³/mol. The van der Waals surface area contributed by atoms with E-state index in [2.05, 4.69) is 32.7 Å². The third kappa shape index (κ3) is 15.4. The van der Waals surface area contributed by atoms with Crippen LogP contribution in [-0.4, -0.2) is 103 Å². The molecular weight excluding hydrogens is 743 g/mol. The molecule has 56 heavy (non-hydrogen) atoms. The Balaban J connectivity index is 1.67. The largest absolute Gasteiger partial charge is 0.376 e. The Hall–Kier alpha value is -4.24. The summed E-state index contributed by atoms with van der Waals surface area (Å²) in [5.41, 5.74) is 7.26. The summed E-state index contributed by atoms with van der Waals surface area (Å²) < 4.78 is 17.6. The number of Topliss-reactive ketones (excluding diaryl/α,β-unsaturated/α-hetero) is 2. The molecule has 0 bridgehead atoms. The van der Waals surface area contributed by atoms with Gasteiger partial charge in [-0.25, -0.2) is 4.98 Å². The van der Waals surface area contributed by atoms with Crippen LogP contribution in [0, 0.1) is 23.7 Å². The van der Waals surface area contributed by atoms with Gasteiger partial charge in [0.2, 0.25) is 23.6 Å². The van der Waals surface area contributed by atoms with Crippen LogP contribution in [0.5, 0.6) is 0 Å². The van der Waals surface area contributed by atoms with E-state index >= 15 is 0 Å². The molecule has 0 unspecified atom stereocenters. The van der Waals surface area contributed by atoms with Crippen LogP contribution in [0.1, 0.15) is 84.4 Å². The molecule has 0 saturated carbocycles. The highest BCUT2D eigenvalue weighted by atomic mass is 31.2. The molecule has 3 rings (SSSR count). The van der Waals surface area contributed by atoms with Crippen LogP contribution in [0.2, 0.25) is 0 Å². The van der Waals surface area contributed by atoms with Crippen LogP contribution in [0.25, 0.3) is 0 Å². The van der Waals surface area contributed by atoms with Gasteiger partial charge in [0.15, 0.2) is 11.6 Å². The van der Waals surface area contributed by atoms with Gasteiger partial charge in [-0.1, -0.05) is 51.1 Å². The summed E-state index contributed by atoms with van der Waals surface area (Å²) in [4.78, 5) is 106. The smallest absolute Gasteiger partial charge is 0.325 e. The number of likely N-dealkylation sites (tertiary alicyclic amines) is 1. The number of H-pyrrole nitrogens is 1. The minimum Gasteiger partial charge on any atom is -0.376 e. The SMILES string of the molecule is CC(=O)N1C[C@H](OCCCCc2ccccc2)C[C@H]1C(=O)N[C@@H](CC(C)C)C(=O)C[C@@H](Cc1cnc[nH]1)C(=O)N[C@@H](C)C(=O)C[C@H](C(N)=O)[C@@H](C)CP(=O)(O)O. The molecule has 2 aromatic rings. The van der Waals surface area contributed by atoms with Gasteiger partial charge in [0.05, 0.1) is 36.6 Å². The van der Waals surface area contributed by atoms with Gasteiger partial charge < -0.3 is 40.8 Å². The Morgan fingerprint density at radius 2 is 1.71 bits per heavy atom. The molecule has 4 amide bonds. The van der Waals surface area contributed by atoms with Gasteiger partial charge in [-0.2, -0.15) is 0 Å². The van der Waals surface area contributed by atoms with Crippen molar-refractivity contribution in [1.82, 2.24) is 25.5 Å². The number of nitrogens with zero attached hydrogens (tertiary/aromatic N) is 2. The summed E-state index contributed by atoms with van der Waals surface area (Å²) in [5, 5.41) is 5.49. The number of imidazole rings is 1. The monoisotopic (exact) mass is 802 g/mol. The Morgan fingerprint density at radius 3 is 2.30 bits per heavy atom. The zero-order chi connectivity index (χ0) is 41.6. The fourth-order valence-corrected chi connectivity index (χ4v) is 8.05. The molecule has 2 heterocycles. The minimum absolute atomic E-state index is 0.0209. The van der Waals surface area contributed by atoms with E-state index in [1.807, 2.05) is 32.0 Å². The number of rotatable bonds is 24. The summed E-state index contributed by atoms with van der Waals surface area (Å²) in [6, 6.07) is 7.20. The van der Waals surface area contributed by atoms with Gasteiger partial charge in [-0.3, -0.25) is 33.3 Å². The number of amides is 4. The van der Waals surface area contributed by atoms with Gasteiger partial charge in [0.1, 0.15) is 6.04 Å². The van der Waals surface area contributed by atoms with Gasteiger partial charge in [-0.05, 0) is 50.0 Å². The third-order valence-electron chi connectivity index (χ3n) is 10.1. The van der Waals surface area contributed by atoms with Crippen molar-refractivity contribution in [3.05, 3.63) is 54.1 Å². The first-order chi connectivity index (χ1) is 26.3. The van der Waals surface area contributed by atoms with Crippen molar-refractivity contribution in [2.45, 2.75) is 110 Å². The second-order valence-corrected chi connectivity index (χ2v) is 17.1.